The molecule has 1 rings (SSSR count). The highest BCUT2D eigenvalue weighted by Gasteiger charge is 2.12. The lowest BCUT2D eigenvalue weighted by atomic mass is 10.0. The van der Waals surface area contributed by atoms with Gasteiger partial charge in [0.05, 0.1) is 11.0 Å². The van der Waals surface area contributed by atoms with Gasteiger partial charge in [-0.05, 0) is 43.4 Å². The summed E-state index contributed by atoms with van der Waals surface area (Å²) in [7, 11) is -3.18. The van der Waals surface area contributed by atoms with Gasteiger partial charge in [-0.1, -0.05) is 26.0 Å². The van der Waals surface area contributed by atoms with Crippen LogP contribution < -0.4 is 5.32 Å². The van der Waals surface area contributed by atoms with Gasteiger partial charge in [0.15, 0.2) is 9.84 Å². The minimum atomic E-state index is -3.18. The Morgan fingerprint density at radius 2 is 1.67 bits per heavy atom. The maximum absolute atomic E-state index is 11.4. The first-order chi connectivity index (χ1) is 9.70. The summed E-state index contributed by atoms with van der Waals surface area (Å²) in [5.41, 5.74) is 0.728. The van der Waals surface area contributed by atoms with Crippen molar-refractivity contribution in [2.45, 2.75) is 50.7 Å². The van der Waals surface area contributed by atoms with Crippen LogP contribution in [-0.4, -0.2) is 32.4 Å². The molecule has 0 heterocycles. The summed E-state index contributed by atoms with van der Waals surface area (Å²) in [4.78, 5) is 0.275. The first-order valence-corrected chi connectivity index (χ1v) is 9.30. The summed E-state index contributed by atoms with van der Waals surface area (Å²) in [5.74, 6) is 0.683. The molecule has 1 aromatic rings. The van der Waals surface area contributed by atoms with Crippen molar-refractivity contribution in [3.63, 3.8) is 0 Å². The maximum Gasteiger partial charge on any atom is 0.175 e. The fraction of sp³-hybridized carbons (Fsp3) is 0.625. The number of rotatable bonds is 8. The van der Waals surface area contributed by atoms with Crippen LogP contribution in [0.5, 0.6) is 0 Å². The lowest BCUT2D eigenvalue weighted by molar-refractivity contribution is 0.169. The molecule has 1 aromatic carbocycles. The topological polar surface area (TPSA) is 66.4 Å². The molecule has 0 radical (unpaired) electrons. The Labute approximate surface area is 128 Å². The van der Waals surface area contributed by atoms with E-state index in [0.717, 1.165) is 18.4 Å². The number of hydrogen-bond acceptors (Lipinski definition) is 4. The van der Waals surface area contributed by atoms with Gasteiger partial charge in [-0.25, -0.2) is 8.42 Å². The zero-order valence-corrected chi connectivity index (χ0v) is 14.2. The van der Waals surface area contributed by atoms with Crippen molar-refractivity contribution in [3.8, 4) is 0 Å². The fourth-order valence-corrected chi connectivity index (χ4v) is 2.68. The molecule has 0 saturated carbocycles. The second kappa shape index (κ2) is 7.92. The number of sulfone groups is 1. The molecule has 120 valence electrons. The molecule has 0 aliphatic rings. The summed E-state index contributed by atoms with van der Waals surface area (Å²) in [5, 5.41) is 13.4. The second-order valence-corrected chi connectivity index (χ2v) is 8.15. The highest BCUT2D eigenvalue weighted by molar-refractivity contribution is 7.90. The molecular formula is C16H27NO3S. The van der Waals surface area contributed by atoms with E-state index in [2.05, 4.69) is 26.1 Å². The summed E-state index contributed by atoms with van der Waals surface area (Å²) in [6, 6.07) is 6.77. The van der Waals surface area contributed by atoms with Gasteiger partial charge >= 0.3 is 0 Å². The molecule has 4 nitrogen and oxygen atoms in total. The van der Waals surface area contributed by atoms with Crippen LogP contribution in [0.1, 0.15) is 45.3 Å². The van der Waals surface area contributed by atoms with E-state index in [-0.39, 0.29) is 4.90 Å². The third-order valence-electron chi connectivity index (χ3n) is 3.53. The van der Waals surface area contributed by atoms with E-state index in [1.165, 1.54) is 18.4 Å². The molecule has 0 amide bonds. The minimum absolute atomic E-state index is 0.275. The van der Waals surface area contributed by atoms with Gasteiger partial charge in [0.1, 0.15) is 0 Å². The summed E-state index contributed by atoms with van der Waals surface area (Å²) < 4.78 is 22.8. The average molecular weight is 313 g/mol. The van der Waals surface area contributed by atoms with E-state index < -0.39 is 15.9 Å². The maximum atomic E-state index is 11.4. The quantitative estimate of drug-likeness (QED) is 0.774. The van der Waals surface area contributed by atoms with Crippen LogP contribution in [0, 0.1) is 5.92 Å². The SMILES string of the molecule is CC(C)CCC(C)NCC(O)c1ccc(S(C)(=O)=O)cc1. The number of benzene rings is 1. The molecule has 0 aromatic heterocycles. The molecular weight excluding hydrogens is 286 g/mol. The van der Waals surface area contributed by atoms with Crippen LogP contribution in [0.25, 0.3) is 0 Å². The van der Waals surface area contributed by atoms with E-state index >= 15 is 0 Å². The van der Waals surface area contributed by atoms with E-state index in [1.807, 2.05) is 0 Å². The molecule has 21 heavy (non-hydrogen) atoms. The molecule has 0 fully saturated rings. The monoisotopic (exact) mass is 313 g/mol. The van der Waals surface area contributed by atoms with Gasteiger partial charge < -0.3 is 10.4 Å². The van der Waals surface area contributed by atoms with Gasteiger partial charge in [-0.3, -0.25) is 0 Å². The third-order valence-corrected chi connectivity index (χ3v) is 4.66. The average Bonchev–Trinajstić information content (AvgIpc) is 2.41. The van der Waals surface area contributed by atoms with Gasteiger partial charge in [0.25, 0.3) is 0 Å². The van der Waals surface area contributed by atoms with Crippen molar-refractivity contribution >= 4 is 9.84 Å². The molecule has 2 unspecified atom stereocenters. The molecule has 0 aliphatic heterocycles. The molecule has 0 bridgehead atoms. The zero-order valence-electron chi connectivity index (χ0n) is 13.3. The lowest BCUT2D eigenvalue weighted by Gasteiger charge is -2.18. The zero-order chi connectivity index (χ0) is 16.0. The molecule has 0 saturated heterocycles. The van der Waals surface area contributed by atoms with E-state index in [9.17, 15) is 13.5 Å². The van der Waals surface area contributed by atoms with Crippen LogP contribution in [-0.2, 0) is 9.84 Å². The molecule has 5 heteroatoms. The van der Waals surface area contributed by atoms with Crippen molar-refractivity contribution in [2.75, 3.05) is 12.8 Å². The van der Waals surface area contributed by atoms with Crippen LogP contribution in [0.15, 0.2) is 29.2 Å². The highest BCUT2D eigenvalue weighted by atomic mass is 32.2. The van der Waals surface area contributed by atoms with Crippen molar-refractivity contribution in [1.82, 2.24) is 5.32 Å². The van der Waals surface area contributed by atoms with Gasteiger partial charge in [0, 0.05) is 18.8 Å². The summed E-state index contributed by atoms with van der Waals surface area (Å²) >= 11 is 0. The standard InChI is InChI=1S/C16H27NO3S/c1-12(2)5-6-13(3)17-11-16(18)14-7-9-15(10-8-14)21(4,19)20/h7-10,12-13,16-18H,5-6,11H2,1-4H3. The Balaban J connectivity index is 2.50. The molecule has 2 N–H and O–H groups in total. The highest BCUT2D eigenvalue weighted by Crippen LogP contribution is 2.16. The van der Waals surface area contributed by atoms with Crippen molar-refractivity contribution in [1.29, 1.82) is 0 Å². The Bertz CT molecular complexity index is 523. The van der Waals surface area contributed by atoms with E-state index in [4.69, 9.17) is 0 Å². The molecule has 0 aliphatic carbocycles. The van der Waals surface area contributed by atoms with Crippen LogP contribution in [0.4, 0.5) is 0 Å². The number of aliphatic hydroxyl groups excluding tert-OH is 1. The first-order valence-electron chi connectivity index (χ1n) is 7.41. The Hall–Kier alpha value is -0.910. The minimum Gasteiger partial charge on any atom is -0.387 e. The number of hydrogen-bond donors (Lipinski definition) is 2. The number of nitrogens with one attached hydrogen (secondary N) is 1. The van der Waals surface area contributed by atoms with Crippen LogP contribution in [0.3, 0.4) is 0 Å². The third kappa shape index (κ3) is 6.59. The lowest BCUT2D eigenvalue weighted by Crippen LogP contribution is -2.30. The Morgan fingerprint density at radius 1 is 1.10 bits per heavy atom. The largest absolute Gasteiger partial charge is 0.387 e. The van der Waals surface area contributed by atoms with E-state index in [0.29, 0.717) is 18.5 Å². The summed E-state index contributed by atoms with van der Waals surface area (Å²) in [6.45, 7) is 6.98. The van der Waals surface area contributed by atoms with Gasteiger partial charge in [0.2, 0.25) is 0 Å². The van der Waals surface area contributed by atoms with E-state index in [1.54, 1.807) is 12.1 Å². The molecule has 2 atom stereocenters. The van der Waals surface area contributed by atoms with Crippen LogP contribution >= 0.6 is 0 Å². The molecule has 0 spiro atoms. The van der Waals surface area contributed by atoms with Gasteiger partial charge in [-0.15, -0.1) is 0 Å². The normalized spacial score (nSPS) is 15.1. The van der Waals surface area contributed by atoms with Crippen molar-refractivity contribution in [2.24, 2.45) is 5.92 Å². The fourth-order valence-electron chi connectivity index (χ4n) is 2.05. The summed E-state index contributed by atoms with van der Waals surface area (Å²) in [6.07, 6.45) is 2.79. The van der Waals surface area contributed by atoms with Crippen LogP contribution in [0.2, 0.25) is 0 Å². The predicted octanol–water partition coefficient (Wildman–Crippen LogP) is 2.54. The van der Waals surface area contributed by atoms with Gasteiger partial charge in [-0.2, -0.15) is 0 Å². The second-order valence-electron chi connectivity index (χ2n) is 6.14. The van der Waals surface area contributed by atoms with Crippen molar-refractivity contribution < 1.29 is 13.5 Å². The smallest absolute Gasteiger partial charge is 0.175 e. The van der Waals surface area contributed by atoms with Crippen molar-refractivity contribution in [3.05, 3.63) is 29.8 Å². The first kappa shape index (κ1) is 18.1. The Morgan fingerprint density at radius 3 is 2.14 bits per heavy atom. The number of aliphatic hydroxyl groups is 1. The Kier molecular flexibility index (Phi) is 6.84. The predicted molar refractivity (Wildman–Crippen MR) is 86.0 cm³/mol.